The summed E-state index contributed by atoms with van der Waals surface area (Å²) in [6, 6.07) is 18.4. The minimum absolute atomic E-state index is 0.132. The molecular weight excluding hydrogens is 465 g/mol. The highest BCUT2D eigenvalue weighted by atomic mass is 35.5. The zero-order valence-electron chi connectivity index (χ0n) is 17.6. The van der Waals surface area contributed by atoms with Gasteiger partial charge in [-0.2, -0.15) is 0 Å². The monoisotopic (exact) mass is 485 g/mol. The number of phenols is 1. The predicted octanol–water partition coefficient (Wildman–Crippen LogP) is 7.42. The molecule has 0 amide bonds. The van der Waals surface area contributed by atoms with E-state index >= 15 is 0 Å². The first-order valence-electron chi connectivity index (χ1n) is 10.1. The zero-order valence-corrected chi connectivity index (χ0v) is 19.9. The van der Waals surface area contributed by atoms with E-state index in [-0.39, 0.29) is 12.4 Å². The third-order valence-corrected chi connectivity index (χ3v) is 6.72. The highest BCUT2D eigenvalue weighted by Gasteiger charge is 2.25. The van der Waals surface area contributed by atoms with Gasteiger partial charge in [-0.3, -0.25) is 0 Å². The van der Waals surface area contributed by atoms with Gasteiger partial charge in [-0.1, -0.05) is 29.3 Å². The van der Waals surface area contributed by atoms with Crippen LogP contribution in [-0.2, 0) is 10.5 Å². The third-order valence-electron chi connectivity index (χ3n) is 5.20. The van der Waals surface area contributed by atoms with Crippen LogP contribution in [0, 0.1) is 6.92 Å². The maximum absolute atomic E-state index is 13.0. The van der Waals surface area contributed by atoms with E-state index < -0.39 is 5.97 Å². The molecule has 7 heteroatoms. The maximum atomic E-state index is 13.0. The normalized spacial score (nSPS) is 11.1. The van der Waals surface area contributed by atoms with Crippen molar-refractivity contribution in [3.63, 3.8) is 0 Å². The predicted molar refractivity (Wildman–Crippen MR) is 132 cm³/mol. The smallest absolute Gasteiger partial charge is 0.340 e. The summed E-state index contributed by atoms with van der Waals surface area (Å²) < 4.78 is 7.35. The molecule has 32 heavy (non-hydrogen) atoms. The summed E-state index contributed by atoms with van der Waals surface area (Å²) in [5.74, 6) is 0.183. The van der Waals surface area contributed by atoms with E-state index in [4.69, 9.17) is 27.9 Å². The molecule has 0 atom stereocenters. The van der Waals surface area contributed by atoms with Gasteiger partial charge in [-0.15, -0.1) is 11.8 Å². The second-order valence-corrected chi connectivity index (χ2v) is 9.12. The lowest BCUT2D eigenvalue weighted by molar-refractivity contribution is 0.0527. The van der Waals surface area contributed by atoms with Gasteiger partial charge in [0.05, 0.1) is 17.7 Å². The molecule has 0 spiro atoms. The number of ether oxygens (including phenoxy) is 1. The lowest BCUT2D eigenvalue weighted by atomic mass is 10.0. The fraction of sp³-hybridized carbons (Fsp3) is 0.160. The van der Waals surface area contributed by atoms with Gasteiger partial charge in [0.1, 0.15) is 5.75 Å². The number of esters is 1. The van der Waals surface area contributed by atoms with Gasteiger partial charge in [0.15, 0.2) is 0 Å². The molecule has 0 radical (unpaired) electrons. The van der Waals surface area contributed by atoms with Crippen LogP contribution in [0.1, 0.15) is 28.5 Å². The van der Waals surface area contributed by atoms with Gasteiger partial charge in [-0.25, -0.2) is 4.79 Å². The van der Waals surface area contributed by atoms with Gasteiger partial charge < -0.3 is 14.4 Å². The number of hydrogen-bond donors (Lipinski definition) is 1. The molecule has 0 unspecified atom stereocenters. The molecule has 1 aromatic heterocycles. The Labute approximate surface area is 200 Å². The van der Waals surface area contributed by atoms with Gasteiger partial charge in [0, 0.05) is 43.0 Å². The number of carbonyl (C=O) groups is 1. The Hall–Kier alpha value is -2.60. The average Bonchev–Trinajstić information content (AvgIpc) is 3.06. The maximum Gasteiger partial charge on any atom is 0.340 e. The number of phenolic OH excluding ortho intramolecular Hbond substituents is 1. The Morgan fingerprint density at radius 2 is 1.81 bits per heavy atom. The summed E-state index contributed by atoms with van der Waals surface area (Å²) in [5, 5.41) is 12.7. The minimum Gasteiger partial charge on any atom is -0.508 e. The number of nitrogens with zero attached hydrogens (tertiary/aromatic N) is 1. The number of fused-ring (bicyclic) bond motifs is 1. The van der Waals surface area contributed by atoms with Crippen molar-refractivity contribution in [2.75, 3.05) is 6.61 Å². The summed E-state index contributed by atoms with van der Waals surface area (Å²) in [4.78, 5) is 14.0. The summed E-state index contributed by atoms with van der Waals surface area (Å²) in [6.07, 6.45) is 0. The van der Waals surface area contributed by atoms with E-state index in [1.165, 1.54) is 0 Å². The number of thioether (sulfide) groups is 1. The first kappa shape index (κ1) is 22.6. The van der Waals surface area contributed by atoms with Crippen LogP contribution >= 0.6 is 35.0 Å². The van der Waals surface area contributed by atoms with Crippen molar-refractivity contribution in [1.29, 1.82) is 0 Å². The largest absolute Gasteiger partial charge is 0.508 e. The summed E-state index contributed by atoms with van der Waals surface area (Å²) in [7, 11) is 0. The second-order valence-electron chi connectivity index (χ2n) is 7.20. The Kier molecular flexibility index (Phi) is 6.70. The van der Waals surface area contributed by atoms with Crippen LogP contribution in [-0.4, -0.2) is 22.2 Å². The Morgan fingerprint density at radius 3 is 2.50 bits per heavy atom. The van der Waals surface area contributed by atoms with Crippen molar-refractivity contribution in [2.24, 2.45) is 0 Å². The molecule has 0 saturated carbocycles. The first-order valence-corrected chi connectivity index (χ1v) is 11.8. The minimum atomic E-state index is -0.417. The summed E-state index contributed by atoms with van der Waals surface area (Å²) in [5.41, 5.74) is 3.48. The van der Waals surface area contributed by atoms with Gasteiger partial charge in [0.2, 0.25) is 0 Å². The molecule has 1 N–H and O–H groups in total. The number of halogens is 2. The Morgan fingerprint density at radius 1 is 1.06 bits per heavy atom. The van der Waals surface area contributed by atoms with Crippen LogP contribution in [0.3, 0.4) is 0 Å². The molecule has 4 nitrogen and oxygen atoms in total. The second kappa shape index (κ2) is 9.49. The van der Waals surface area contributed by atoms with Crippen molar-refractivity contribution >= 4 is 51.8 Å². The van der Waals surface area contributed by atoms with Crippen molar-refractivity contribution < 1.29 is 14.6 Å². The SMILES string of the molecule is CCOC(=O)c1c(C)n(-c2cccc(Cl)c2)c2ccc(O)c(CSc3ccc(Cl)cc3)c12. The topological polar surface area (TPSA) is 51.5 Å². The number of carbonyl (C=O) groups excluding carboxylic acids is 1. The first-order chi connectivity index (χ1) is 15.4. The van der Waals surface area contributed by atoms with Crippen molar-refractivity contribution in [1.82, 2.24) is 4.57 Å². The molecule has 1 heterocycles. The molecule has 0 aliphatic heterocycles. The van der Waals surface area contributed by atoms with Crippen LogP contribution in [0.25, 0.3) is 16.6 Å². The molecule has 0 saturated heterocycles. The molecule has 3 aromatic carbocycles. The zero-order chi connectivity index (χ0) is 22.8. The molecule has 0 aliphatic rings. The van der Waals surface area contributed by atoms with Crippen LogP contribution < -0.4 is 0 Å². The molecule has 4 aromatic rings. The third kappa shape index (κ3) is 4.33. The van der Waals surface area contributed by atoms with Gasteiger partial charge >= 0.3 is 5.97 Å². The van der Waals surface area contributed by atoms with Crippen LogP contribution in [0.2, 0.25) is 10.0 Å². The quantitative estimate of drug-likeness (QED) is 0.228. The number of aromatic nitrogens is 1. The summed E-state index contributed by atoms with van der Waals surface area (Å²) >= 11 is 13.8. The van der Waals surface area contributed by atoms with Crippen LogP contribution in [0.5, 0.6) is 5.75 Å². The Balaban J connectivity index is 1.91. The molecule has 164 valence electrons. The number of benzene rings is 3. The molecule has 0 aliphatic carbocycles. The van der Waals surface area contributed by atoms with E-state index in [0.717, 1.165) is 21.8 Å². The standard InChI is InChI=1S/C25H21Cl2NO3S/c1-3-31-25(30)23-15(2)28(18-6-4-5-17(27)13-18)21-11-12-22(29)20(24(21)23)14-32-19-9-7-16(26)8-10-19/h4-13,29H,3,14H2,1-2H3. The highest BCUT2D eigenvalue weighted by Crippen LogP contribution is 2.39. The lowest BCUT2D eigenvalue weighted by Gasteiger charge is -2.11. The number of rotatable bonds is 6. The van der Waals surface area contributed by atoms with Crippen molar-refractivity contribution in [3.8, 4) is 11.4 Å². The molecule has 4 rings (SSSR count). The summed E-state index contributed by atoms with van der Waals surface area (Å²) in [6.45, 7) is 3.91. The van der Waals surface area contributed by atoms with Gasteiger partial charge in [-0.05, 0) is 68.4 Å². The van der Waals surface area contributed by atoms with Crippen molar-refractivity contribution in [3.05, 3.63) is 87.5 Å². The fourth-order valence-electron chi connectivity index (χ4n) is 3.80. The van der Waals surface area contributed by atoms with Gasteiger partial charge in [0.25, 0.3) is 0 Å². The number of aromatic hydroxyl groups is 1. The number of hydrogen-bond acceptors (Lipinski definition) is 4. The Bertz CT molecular complexity index is 1300. The highest BCUT2D eigenvalue weighted by molar-refractivity contribution is 7.98. The molecular formula is C25H21Cl2NO3S. The van der Waals surface area contributed by atoms with E-state index in [0.29, 0.717) is 32.3 Å². The van der Waals surface area contributed by atoms with Crippen LogP contribution in [0.4, 0.5) is 0 Å². The van der Waals surface area contributed by atoms with E-state index in [2.05, 4.69) is 0 Å². The van der Waals surface area contributed by atoms with E-state index in [1.807, 2.05) is 60.0 Å². The molecule has 0 fully saturated rings. The fourth-order valence-corrected chi connectivity index (χ4v) is 5.04. The molecule has 0 bridgehead atoms. The average molecular weight is 486 g/mol. The van der Waals surface area contributed by atoms with E-state index in [1.54, 1.807) is 30.8 Å². The van der Waals surface area contributed by atoms with E-state index in [9.17, 15) is 9.90 Å². The lowest BCUT2D eigenvalue weighted by Crippen LogP contribution is -2.07. The van der Waals surface area contributed by atoms with Crippen molar-refractivity contribution in [2.45, 2.75) is 24.5 Å². The van der Waals surface area contributed by atoms with Crippen LogP contribution in [0.15, 0.2) is 65.6 Å².